The highest BCUT2D eigenvalue weighted by atomic mass is 16.7. The molecule has 1 aliphatic carbocycles. The normalized spacial score (nSPS) is 32.0. The van der Waals surface area contributed by atoms with Crippen LogP contribution >= 0.6 is 0 Å². The van der Waals surface area contributed by atoms with Crippen LogP contribution < -0.4 is 15.4 Å². The number of aliphatic hydroxyl groups is 2. The number of hydrogen-bond donors (Lipinski definition) is 5. The Kier molecular flexibility index (Phi) is 14.3. The minimum atomic E-state index is -1.98. The molecule has 6 aliphatic heterocycles. The Morgan fingerprint density at radius 2 is 1.63 bits per heavy atom. The van der Waals surface area contributed by atoms with Gasteiger partial charge in [-0.1, -0.05) is 71.9 Å². The van der Waals surface area contributed by atoms with Gasteiger partial charge < -0.3 is 50.0 Å². The number of benzene rings is 1. The second-order valence-electron chi connectivity index (χ2n) is 21.1. The quantitative estimate of drug-likeness (QED) is 0.200. The summed E-state index contributed by atoms with van der Waals surface area (Å²) in [5.41, 5.74) is -0.284. The number of phenols is 1. The molecular formula is C52H68N8O11. The van der Waals surface area contributed by atoms with Crippen molar-refractivity contribution in [3.8, 4) is 11.5 Å². The molecule has 5 bridgehead atoms. The van der Waals surface area contributed by atoms with Crippen LogP contribution in [0.4, 0.5) is 0 Å². The number of phenolic OH excluding ortho intramolecular Hbond substituents is 1. The third kappa shape index (κ3) is 9.67. The number of rotatable bonds is 6. The first-order valence-corrected chi connectivity index (χ1v) is 24.8. The number of carbonyl (C=O) groups is 5. The highest BCUT2D eigenvalue weighted by molar-refractivity contribution is 6.34. The van der Waals surface area contributed by atoms with E-state index in [2.05, 4.69) is 39.7 Å². The van der Waals surface area contributed by atoms with Gasteiger partial charge in [-0.15, -0.1) is 5.10 Å². The number of nitrogens with one attached hydrogen (secondary N) is 2. The van der Waals surface area contributed by atoms with Crippen molar-refractivity contribution in [3.05, 3.63) is 82.2 Å². The van der Waals surface area contributed by atoms with Crippen molar-refractivity contribution in [1.82, 2.24) is 35.4 Å². The number of hydrogen-bond acceptors (Lipinski definition) is 16. The van der Waals surface area contributed by atoms with Gasteiger partial charge in [0.25, 0.3) is 11.7 Å². The summed E-state index contributed by atoms with van der Waals surface area (Å²) < 4.78 is 20.3. The molecule has 0 radical (unpaired) electrons. The van der Waals surface area contributed by atoms with Crippen LogP contribution in [0.1, 0.15) is 119 Å². The standard InChI is InChI=1S/C52H68N8O11/c1-26(2)23-58-18-15-52(16-19-58)55-40-37-38-45(65)33(9)48-39(37)49(67)51(10,71-48)69-21-14-27(3)30(6)47(70-36(62)22-35(61)59-24-34(25-59)60-20-17-53-57-60)32(8)44(64)31(7)43(63)28(4)12-11-13-29(5)50(68)54-42(46(38)66)41(40)56-52/h11-14,17,20-21,26-28,30-32,34,43-44,47,56,63-65H,15-16,18-19,22-25H2,1-10H3,(H,54,68)/b12-11+,21-14+,29-13-/t27-,28-,30+,31+,32+,43-,44+,47+,51-/m0/s1. The van der Waals surface area contributed by atoms with Gasteiger partial charge in [0.15, 0.2) is 0 Å². The largest absolute Gasteiger partial charge is 0.507 e. The van der Waals surface area contributed by atoms with Gasteiger partial charge in [-0.3, -0.25) is 29.0 Å². The Balaban J connectivity index is 1.14. The summed E-state index contributed by atoms with van der Waals surface area (Å²) in [6, 6.07) is -0.0552. The monoisotopic (exact) mass is 981 g/mol. The molecule has 1 aromatic heterocycles. The lowest BCUT2D eigenvalue weighted by Gasteiger charge is -2.39. The van der Waals surface area contributed by atoms with Crippen LogP contribution in [-0.2, 0) is 23.9 Å². The maximum Gasteiger partial charge on any atom is 0.315 e. The Morgan fingerprint density at radius 1 is 0.930 bits per heavy atom. The summed E-state index contributed by atoms with van der Waals surface area (Å²) in [7, 11) is 0. The van der Waals surface area contributed by atoms with Crippen molar-refractivity contribution in [3.63, 3.8) is 0 Å². The van der Waals surface area contributed by atoms with Crippen LogP contribution in [0.25, 0.3) is 0 Å². The number of carbonyl (C=O) groups excluding carboxylic acids is 5. The Hall–Kier alpha value is -6.18. The fourth-order valence-corrected chi connectivity index (χ4v) is 10.6. The molecule has 71 heavy (non-hydrogen) atoms. The van der Waals surface area contributed by atoms with E-state index in [1.54, 1.807) is 69.1 Å². The number of ether oxygens (including phenoxy) is 3. The van der Waals surface area contributed by atoms with Crippen molar-refractivity contribution < 1.29 is 53.5 Å². The van der Waals surface area contributed by atoms with Crippen molar-refractivity contribution in [2.24, 2.45) is 40.5 Å². The van der Waals surface area contributed by atoms with E-state index in [1.807, 2.05) is 13.8 Å². The van der Waals surface area contributed by atoms with E-state index in [-0.39, 0.29) is 56.7 Å². The lowest BCUT2D eigenvalue weighted by molar-refractivity contribution is -0.164. The second-order valence-corrected chi connectivity index (χ2v) is 21.1. The number of aromatic nitrogens is 3. The van der Waals surface area contributed by atoms with Crippen molar-refractivity contribution in [1.29, 1.82) is 0 Å². The highest BCUT2D eigenvalue weighted by Crippen LogP contribution is 2.50. The van der Waals surface area contributed by atoms with Crippen LogP contribution in [0.15, 0.2) is 64.9 Å². The number of nitrogens with zero attached hydrogens (tertiary/aromatic N) is 6. The number of likely N-dealkylation sites (tertiary alicyclic amines) is 2. The molecule has 1 aromatic carbocycles. The number of amides is 2. The van der Waals surface area contributed by atoms with Crippen LogP contribution in [-0.4, -0.2) is 138 Å². The molecule has 5 N–H and O–H groups in total. The lowest BCUT2D eigenvalue weighted by Crippen LogP contribution is -2.51. The molecule has 2 amide bonds. The van der Waals surface area contributed by atoms with Gasteiger partial charge in [-0.25, -0.2) is 4.68 Å². The predicted molar refractivity (Wildman–Crippen MR) is 260 cm³/mol. The molecule has 7 heterocycles. The summed E-state index contributed by atoms with van der Waals surface area (Å²) in [6.07, 6.45) is 8.45. The maximum atomic E-state index is 14.9. The molecular weight excluding hydrogens is 913 g/mol. The zero-order valence-corrected chi connectivity index (χ0v) is 42.3. The molecule has 2 fully saturated rings. The molecule has 382 valence electrons. The Bertz CT molecular complexity index is 2620. The van der Waals surface area contributed by atoms with Crippen LogP contribution in [0.3, 0.4) is 0 Å². The summed E-state index contributed by atoms with van der Waals surface area (Å²) in [5.74, 6) is -8.08. The van der Waals surface area contributed by atoms with Crippen LogP contribution in [0.5, 0.6) is 11.5 Å². The first kappa shape index (κ1) is 51.2. The Labute approximate surface area is 414 Å². The first-order chi connectivity index (χ1) is 33.5. The number of aromatic hydroxyl groups is 1. The van der Waals surface area contributed by atoms with Crippen LogP contribution in [0, 0.1) is 42.4 Å². The number of piperidine rings is 1. The average Bonchev–Trinajstić information content (AvgIpc) is 4.04. The number of fused-ring (bicyclic) bond motifs is 13. The fraction of sp³-hybridized carbons (Fsp3) is 0.577. The summed E-state index contributed by atoms with van der Waals surface area (Å²) in [5, 5.41) is 49.5. The summed E-state index contributed by atoms with van der Waals surface area (Å²) in [6.45, 7) is 20.8. The molecule has 19 nitrogen and oxygen atoms in total. The van der Waals surface area contributed by atoms with Crippen molar-refractivity contribution in [2.75, 3.05) is 32.7 Å². The number of esters is 1. The van der Waals surface area contributed by atoms with Gasteiger partial charge in [0.05, 0.1) is 53.2 Å². The molecule has 0 unspecified atom stereocenters. The smallest absolute Gasteiger partial charge is 0.315 e. The predicted octanol–water partition coefficient (Wildman–Crippen LogP) is 4.28. The second kappa shape index (κ2) is 19.8. The van der Waals surface area contributed by atoms with Gasteiger partial charge in [0.2, 0.25) is 11.7 Å². The fourth-order valence-electron chi connectivity index (χ4n) is 10.6. The average molecular weight is 981 g/mol. The number of allylic oxidation sites excluding steroid dienone is 5. The van der Waals surface area contributed by atoms with E-state index in [9.17, 15) is 39.3 Å². The van der Waals surface area contributed by atoms with Gasteiger partial charge in [0, 0.05) is 93.1 Å². The van der Waals surface area contributed by atoms with Gasteiger partial charge in [-0.05, 0) is 37.7 Å². The van der Waals surface area contributed by atoms with E-state index in [0.29, 0.717) is 44.9 Å². The molecule has 2 saturated heterocycles. The number of aliphatic imine (C=N–C) groups is 1. The van der Waals surface area contributed by atoms with E-state index in [1.165, 1.54) is 25.0 Å². The van der Waals surface area contributed by atoms with Gasteiger partial charge in [0.1, 0.15) is 35.4 Å². The molecule has 19 heteroatoms. The molecule has 7 aliphatic rings. The zero-order valence-electron chi connectivity index (χ0n) is 42.3. The van der Waals surface area contributed by atoms with E-state index in [0.717, 1.165) is 6.54 Å². The van der Waals surface area contributed by atoms with E-state index >= 15 is 0 Å². The lowest BCUT2D eigenvalue weighted by atomic mass is 9.77. The minimum absolute atomic E-state index is 0.0104. The Morgan fingerprint density at radius 3 is 2.30 bits per heavy atom. The van der Waals surface area contributed by atoms with Crippen LogP contribution in [0.2, 0.25) is 0 Å². The zero-order chi connectivity index (χ0) is 51.4. The minimum Gasteiger partial charge on any atom is -0.507 e. The van der Waals surface area contributed by atoms with E-state index < -0.39 is 101 Å². The molecule has 1 spiro atoms. The third-order valence-electron chi connectivity index (χ3n) is 15.4. The van der Waals surface area contributed by atoms with Crippen molar-refractivity contribution in [2.45, 2.75) is 124 Å². The molecule has 9 atom stereocenters. The number of aliphatic hydroxyl groups excluding tert-OH is 2. The highest BCUT2D eigenvalue weighted by Gasteiger charge is 2.54. The maximum absolute atomic E-state index is 14.9. The molecule has 2 aromatic rings. The molecule has 0 saturated carbocycles. The summed E-state index contributed by atoms with van der Waals surface area (Å²) >= 11 is 0. The molecule has 9 rings (SSSR count). The third-order valence-corrected chi connectivity index (χ3v) is 15.4. The van der Waals surface area contributed by atoms with Gasteiger partial charge in [-0.2, -0.15) is 0 Å². The first-order valence-electron chi connectivity index (χ1n) is 24.8. The van der Waals surface area contributed by atoms with Gasteiger partial charge >= 0.3 is 11.8 Å². The SMILES string of the molecule is C/C1=C/C=C/[C@H](C)[C@H](O)[C@@H](C)[C@@H](O)[C@@H](C)[C@H](OC(=O)CC(=O)N2CC(n3ccnn3)C2)[C@H](C)[C@@H](C)/C=C/O[C@@]2(C)Oc3c(C)c(O)c4c(c3C2=O)C2=NC3(CCN(CC(C)C)CC3)NC2=C(NC1=O)C4=O. The van der Waals surface area contributed by atoms with E-state index in [4.69, 9.17) is 19.2 Å². The number of ketones is 2. The topological polar surface area (TPSA) is 247 Å². The van der Waals surface area contributed by atoms with Crippen molar-refractivity contribution >= 4 is 35.1 Å². The summed E-state index contributed by atoms with van der Waals surface area (Å²) in [4.78, 5) is 79.7. The number of Topliss-reactive ketones (excluding diaryl/α,β-unsaturated/α-hetero) is 2.